The maximum Gasteiger partial charge on any atom is 0.322 e. The van der Waals surface area contributed by atoms with Gasteiger partial charge in [0, 0.05) is 37.7 Å². The van der Waals surface area contributed by atoms with Crippen molar-refractivity contribution in [2.45, 2.75) is 6.04 Å². The number of carboxylic acid groups (broad SMARTS) is 1. The van der Waals surface area contributed by atoms with Crippen molar-refractivity contribution in [2.75, 3.05) is 6.61 Å². The van der Waals surface area contributed by atoms with Crippen LogP contribution < -0.4 is 5.73 Å². The van der Waals surface area contributed by atoms with Crippen LogP contribution in [-0.4, -0.2) is 66.6 Å². The molecule has 4 N–H and O–H groups in total. The Labute approximate surface area is 76.7 Å². The van der Waals surface area contributed by atoms with Crippen LogP contribution in [-0.2, 0) is 4.79 Å². The molecule has 5 heteroatoms. The van der Waals surface area contributed by atoms with Crippen LogP contribution in [0.4, 0.5) is 0 Å². The van der Waals surface area contributed by atoms with Crippen LogP contribution in [0.3, 0.4) is 0 Å². The van der Waals surface area contributed by atoms with Crippen molar-refractivity contribution in [3.63, 3.8) is 0 Å². The van der Waals surface area contributed by atoms with E-state index in [0.717, 1.165) is 0 Å². The number of rotatable bonds is 2. The molecule has 0 aromatic heterocycles. The molecule has 2 radical (unpaired) electrons. The third kappa shape index (κ3) is 4.80. The molecular weight excluding hydrogens is 138 g/mol. The number of carboxylic acids is 1. The number of aliphatic hydroxyl groups excluding tert-OH is 1. The second-order valence-corrected chi connectivity index (χ2v) is 1.13. The molecule has 0 saturated carbocycles. The minimum atomic E-state index is -1.18. The Morgan fingerprint density at radius 1 is 1.75 bits per heavy atom. The van der Waals surface area contributed by atoms with E-state index in [4.69, 9.17) is 15.9 Å². The summed E-state index contributed by atoms with van der Waals surface area (Å²) in [7, 11) is 0. The number of hydrogen-bond donors (Lipinski definition) is 3. The molecule has 0 aromatic rings. The van der Waals surface area contributed by atoms with Crippen LogP contribution in [0.1, 0.15) is 0 Å². The molecule has 0 aromatic carbocycles. The number of nitrogens with two attached hydrogens (primary N) is 1. The summed E-state index contributed by atoms with van der Waals surface area (Å²) in [6, 6.07) is -1.13. The standard InChI is InChI=1S/C3H7NO3.Ca/c4-2(1-5)3(6)7;/h2,5H,1,4H2,(H,6,7);/t2-;/m0./s1. The summed E-state index contributed by atoms with van der Waals surface area (Å²) in [6.07, 6.45) is 0. The smallest absolute Gasteiger partial charge is 0.322 e. The van der Waals surface area contributed by atoms with Crippen molar-refractivity contribution in [3.05, 3.63) is 0 Å². The fourth-order valence-corrected chi connectivity index (χ4v) is 0.0781. The van der Waals surface area contributed by atoms with E-state index in [0.29, 0.717) is 0 Å². The first kappa shape index (κ1) is 11.4. The van der Waals surface area contributed by atoms with Gasteiger partial charge < -0.3 is 15.9 Å². The number of aliphatic hydroxyl groups is 1. The molecule has 0 aliphatic heterocycles. The zero-order valence-electron chi connectivity index (χ0n) is 4.37. The van der Waals surface area contributed by atoms with Gasteiger partial charge in [0.2, 0.25) is 0 Å². The maximum absolute atomic E-state index is 9.65. The van der Waals surface area contributed by atoms with Gasteiger partial charge in [-0.2, -0.15) is 0 Å². The largest absolute Gasteiger partial charge is 0.480 e. The average molecular weight is 145 g/mol. The van der Waals surface area contributed by atoms with Gasteiger partial charge in [-0.3, -0.25) is 4.79 Å². The van der Waals surface area contributed by atoms with E-state index in [2.05, 4.69) is 0 Å². The summed E-state index contributed by atoms with van der Waals surface area (Å²) in [6.45, 7) is -0.505. The predicted molar refractivity (Wildman–Crippen MR) is 28.5 cm³/mol. The van der Waals surface area contributed by atoms with Gasteiger partial charge >= 0.3 is 5.97 Å². The van der Waals surface area contributed by atoms with Crippen LogP contribution in [0.15, 0.2) is 0 Å². The van der Waals surface area contributed by atoms with Crippen molar-refractivity contribution in [3.8, 4) is 0 Å². The van der Waals surface area contributed by atoms with Crippen LogP contribution in [0.2, 0.25) is 0 Å². The Balaban J connectivity index is 0. The van der Waals surface area contributed by atoms with Gasteiger partial charge in [0.15, 0.2) is 0 Å². The van der Waals surface area contributed by atoms with Gasteiger partial charge in [-0.15, -0.1) is 0 Å². The third-order valence-electron chi connectivity index (χ3n) is 0.514. The molecule has 44 valence electrons. The molecule has 0 spiro atoms. The monoisotopic (exact) mass is 145 g/mol. The van der Waals surface area contributed by atoms with E-state index in [9.17, 15) is 4.79 Å². The summed E-state index contributed by atoms with van der Waals surface area (Å²) in [5.41, 5.74) is 4.77. The topological polar surface area (TPSA) is 83.5 Å². The third-order valence-corrected chi connectivity index (χ3v) is 0.514. The number of hydrogen-bond acceptors (Lipinski definition) is 3. The van der Waals surface area contributed by atoms with Gasteiger partial charge in [0.25, 0.3) is 0 Å². The van der Waals surface area contributed by atoms with Gasteiger partial charge in [-0.05, 0) is 0 Å². The van der Waals surface area contributed by atoms with E-state index in [1.165, 1.54) is 0 Å². The van der Waals surface area contributed by atoms with Crippen LogP contribution in [0.5, 0.6) is 0 Å². The van der Waals surface area contributed by atoms with E-state index < -0.39 is 18.6 Å². The van der Waals surface area contributed by atoms with Crippen molar-refractivity contribution in [1.29, 1.82) is 0 Å². The Morgan fingerprint density at radius 3 is 2.12 bits per heavy atom. The first-order valence-corrected chi connectivity index (χ1v) is 1.77. The average Bonchev–Trinajstić information content (AvgIpc) is 1.65. The van der Waals surface area contributed by atoms with Crippen molar-refractivity contribution < 1.29 is 15.0 Å². The van der Waals surface area contributed by atoms with Crippen molar-refractivity contribution in [1.82, 2.24) is 0 Å². The Hall–Kier alpha value is 0.650. The van der Waals surface area contributed by atoms with Gasteiger partial charge in [-0.1, -0.05) is 0 Å². The predicted octanol–water partition coefficient (Wildman–Crippen LogP) is -1.99. The zero-order chi connectivity index (χ0) is 5.86. The van der Waals surface area contributed by atoms with E-state index >= 15 is 0 Å². The molecule has 0 saturated heterocycles. The zero-order valence-corrected chi connectivity index (χ0v) is 6.58. The summed E-state index contributed by atoms with van der Waals surface area (Å²) in [5, 5.41) is 15.9. The molecular formula is C3H7CaNO3. The second kappa shape index (κ2) is 5.78. The molecule has 0 amide bonds. The van der Waals surface area contributed by atoms with Gasteiger partial charge in [0.1, 0.15) is 6.04 Å². The normalized spacial score (nSPS) is 11.8. The van der Waals surface area contributed by atoms with Crippen LogP contribution in [0, 0.1) is 0 Å². The SMILES string of the molecule is N[C@@H](CO)C(=O)O.[Ca]. The molecule has 0 unspecified atom stereocenters. The molecule has 0 rings (SSSR count). The molecule has 0 aliphatic rings. The minimum Gasteiger partial charge on any atom is -0.480 e. The molecule has 4 nitrogen and oxygen atoms in total. The summed E-state index contributed by atoms with van der Waals surface area (Å²) in [5.74, 6) is -1.18. The van der Waals surface area contributed by atoms with E-state index in [1.807, 2.05) is 0 Å². The van der Waals surface area contributed by atoms with Crippen molar-refractivity contribution >= 4 is 43.7 Å². The minimum absolute atomic E-state index is 0. The quantitative estimate of drug-likeness (QED) is 0.393. The van der Waals surface area contributed by atoms with Crippen LogP contribution >= 0.6 is 0 Å². The summed E-state index contributed by atoms with van der Waals surface area (Å²) in [4.78, 5) is 9.65. The summed E-state index contributed by atoms with van der Waals surface area (Å²) >= 11 is 0. The van der Waals surface area contributed by atoms with Crippen molar-refractivity contribution in [2.24, 2.45) is 5.73 Å². The molecule has 0 fully saturated rings. The fraction of sp³-hybridized carbons (Fsp3) is 0.667. The number of carbonyl (C=O) groups is 1. The number of aliphatic carboxylic acids is 1. The van der Waals surface area contributed by atoms with Gasteiger partial charge in [-0.25, -0.2) is 0 Å². The molecule has 0 aliphatic carbocycles. The van der Waals surface area contributed by atoms with E-state index in [1.54, 1.807) is 0 Å². The van der Waals surface area contributed by atoms with E-state index in [-0.39, 0.29) is 37.7 Å². The van der Waals surface area contributed by atoms with Crippen LogP contribution in [0.25, 0.3) is 0 Å². The fourth-order valence-electron chi connectivity index (χ4n) is 0.0781. The molecule has 0 heterocycles. The Morgan fingerprint density at radius 2 is 2.12 bits per heavy atom. The Kier molecular flexibility index (Phi) is 8.27. The summed E-state index contributed by atoms with van der Waals surface area (Å²) < 4.78 is 0. The van der Waals surface area contributed by atoms with Gasteiger partial charge in [0.05, 0.1) is 6.61 Å². The molecule has 1 atom stereocenters. The maximum atomic E-state index is 9.65. The first-order valence-electron chi connectivity index (χ1n) is 1.77. The molecule has 8 heavy (non-hydrogen) atoms. The Bertz CT molecular complexity index is 76.9. The first-order chi connectivity index (χ1) is 3.18. The second-order valence-electron chi connectivity index (χ2n) is 1.13. The molecule has 0 bridgehead atoms.